The van der Waals surface area contributed by atoms with E-state index in [0.29, 0.717) is 17.3 Å². The summed E-state index contributed by atoms with van der Waals surface area (Å²) in [5.74, 6) is 0.521. The molecule has 1 aliphatic rings. The molecule has 5 nitrogen and oxygen atoms in total. The lowest BCUT2D eigenvalue weighted by molar-refractivity contribution is 0.0937. The summed E-state index contributed by atoms with van der Waals surface area (Å²) in [5.41, 5.74) is 7.73. The van der Waals surface area contributed by atoms with Crippen LogP contribution in [0.5, 0.6) is 0 Å². The molecule has 3 aromatic rings. The number of benzene rings is 1. The molecule has 4 rings (SSSR count). The van der Waals surface area contributed by atoms with Crippen LogP contribution in [0.1, 0.15) is 28.2 Å². The van der Waals surface area contributed by atoms with Crippen LogP contribution in [-0.4, -0.2) is 28.3 Å². The van der Waals surface area contributed by atoms with E-state index >= 15 is 0 Å². The van der Waals surface area contributed by atoms with E-state index in [4.69, 9.17) is 5.73 Å². The van der Waals surface area contributed by atoms with Crippen molar-refractivity contribution in [3.8, 4) is 5.69 Å². The molecule has 124 valence electrons. The molecule has 6 heteroatoms. The number of carbonyl (C=O) groups excluding carboxylic acids is 1. The number of thiophene rings is 1. The molecule has 1 unspecified atom stereocenters. The van der Waals surface area contributed by atoms with Crippen LogP contribution in [0, 0.1) is 12.8 Å². The topological polar surface area (TPSA) is 72.9 Å². The Bertz CT molecular complexity index is 879. The highest BCUT2D eigenvalue weighted by Crippen LogP contribution is 2.33. The highest BCUT2D eigenvalue weighted by Gasteiger charge is 2.31. The van der Waals surface area contributed by atoms with Crippen LogP contribution in [0.2, 0.25) is 0 Å². The highest BCUT2D eigenvalue weighted by atomic mass is 32.1. The Hall–Kier alpha value is -2.18. The van der Waals surface area contributed by atoms with Gasteiger partial charge in [0.25, 0.3) is 5.91 Å². The Morgan fingerprint density at radius 3 is 2.83 bits per heavy atom. The number of para-hydroxylation sites is 1. The van der Waals surface area contributed by atoms with Crippen molar-refractivity contribution in [3.63, 3.8) is 0 Å². The van der Waals surface area contributed by atoms with Gasteiger partial charge in [0.15, 0.2) is 0 Å². The van der Waals surface area contributed by atoms with Crippen LogP contribution in [0.3, 0.4) is 0 Å². The number of aromatic nitrogens is 2. The smallest absolute Gasteiger partial charge is 0.261 e. The van der Waals surface area contributed by atoms with Crippen LogP contribution < -0.4 is 11.1 Å². The van der Waals surface area contributed by atoms with Crippen molar-refractivity contribution in [2.75, 3.05) is 6.54 Å². The number of hydrogen-bond acceptors (Lipinski definition) is 4. The van der Waals surface area contributed by atoms with Crippen LogP contribution in [-0.2, 0) is 0 Å². The summed E-state index contributed by atoms with van der Waals surface area (Å²) in [7, 11) is 0. The zero-order valence-electron chi connectivity index (χ0n) is 13.5. The second kappa shape index (κ2) is 6.03. The van der Waals surface area contributed by atoms with Gasteiger partial charge in [-0.1, -0.05) is 18.2 Å². The molecule has 1 aliphatic carbocycles. The normalized spacial score (nSPS) is 15.6. The van der Waals surface area contributed by atoms with Crippen molar-refractivity contribution >= 4 is 27.5 Å². The van der Waals surface area contributed by atoms with Gasteiger partial charge in [0.1, 0.15) is 4.83 Å². The monoisotopic (exact) mass is 340 g/mol. The minimum absolute atomic E-state index is 0.0300. The average Bonchev–Trinajstić information content (AvgIpc) is 3.27. The first-order valence-electron chi connectivity index (χ1n) is 8.23. The Morgan fingerprint density at radius 2 is 2.17 bits per heavy atom. The molecule has 24 heavy (non-hydrogen) atoms. The van der Waals surface area contributed by atoms with E-state index in [1.807, 2.05) is 48.0 Å². The molecule has 0 spiro atoms. The third-order valence-electron chi connectivity index (χ3n) is 4.53. The summed E-state index contributed by atoms with van der Waals surface area (Å²) < 4.78 is 1.91. The molecule has 0 aliphatic heterocycles. The van der Waals surface area contributed by atoms with Gasteiger partial charge in [0, 0.05) is 18.0 Å². The number of rotatable bonds is 5. The summed E-state index contributed by atoms with van der Waals surface area (Å²) in [6.07, 6.45) is 2.33. The lowest BCUT2D eigenvalue weighted by atomic mass is 10.2. The predicted molar refractivity (Wildman–Crippen MR) is 96.7 cm³/mol. The maximum absolute atomic E-state index is 12.6. The molecule has 1 atom stereocenters. The van der Waals surface area contributed by atoms with Crippen LogP contribution in [0.25, 0.3) is 15.9 Å². The highest BCUT2D eigenvalue weighted by molar-refractivity contribution is 7.20. The molecular formula is C18H20N4OS. The summed E-state index contributed by atoms with van der Waals surface area (Å²) in [5, 5.41) is 8.73. The first-order chi connectivity index (χ1) is 11.7. The van der Waals surface area contributed by atoms with E-state index in [0.717, 1.165) is 34.4 Å². The van der Waals surface area contributed by atoms with Crippen molar-refractivity contribution in [3.05, 3.63) is 47.0 Å². The molecule has 1 fully saturated rings. The Labute approximate surface area is 144 Å². The van der Waals surface area contributed by atoms with Gasteiger partial charge in [-0.15, -0.1) is 11.3 Å². The van der Waals surface area contributed by atoms with E-state index in [2.05, 4.69) is 10.4 Å². The van der Waals surface area contributed by atoms with E-state index in [-0.39, 0.29) is 11.9 Å². The van der Waals surface area contributed by atoms with E-state index < -0.39 is 0 Å². The quantitative estimate of drug-likeness (QED) is 0.750. The van der Waals surface area contributed by atoms with Gasteiger partial charge in [-0.25, -0.2) is 4.68 Å². The van der Waals surface area contributed by atoms with Crippen molar-refractivity contribution in [2.24, 2.45) is 11.7 Å². The number of nitrogens with one attached hydrogen (secondary N) is 1. The van der Waals surface area contributed by atoms with Crippen molar-refractivity contribution in [2.45, 2.75) is 25.8 Å². The number of fused-ring (bicyclic) bond motifs is 1. The van der Waals surface area contributed by atoms with Gasteiger partial charge in [0.05, 0.1) is 16.3 Å². The molecule has 0 radical (unpaired) electrons. The predicted octanol–water partition coefficient (Wildman–Crippen LogP) is 2.86. The zero-order chi connectivity index (χ0) is 16.7. The van der Waals surface area contributed by atoms with Crippen molar-refractivity contribution in [1.82, 2.24) is 15.1 Å². The molecule has 2 heterocycles. The van der Waals surface area contributed by atoms with Gasteiger partial charge in [-0.3, -0.25) is 4.79 Å². The molecule has 0 bridgehead atoms. The van der Waals surface area contributed by atoms with Crippen LogP contribution in [0.4, 0.5) is 0 Å². The first kappa shape index (κ1) is 15.4. The number of amides is 1. The molecule has 2 aromatic heterocycles. The molecule has 0 saturated heterocycles. The fourth-order valence-electron chi connectivity index (χ4n) is 3.01. The van der Waals surface area contributed by atoms with Gasteiger partial charge < -0.3 is 11.1 Å². The summed E-state index contributed by atoms with van der Waals surface area (Å²) in [4.78, 5) is 14.3. The fraction of sp³-hybridized carbons (Fsp3) is 0.333. The second-order valence-electron chi connectivity index (χ2n) is 6.32. The number of hydrogen-bond donors (Lipinski definition) is 2. The molecule has 1 amide bonds. The maximum Gasteiger partial charge on any atom is 0.261 e. The van der Waals surface area contributed by atoms with E-state index in [9.17, 15) is 4.79 Å². The second-order valence-corrected chi connectivity index (χ2v) is 7.35. The molecule has 1 aromatic carbocycles. The minimum atomic E-state index is -0.0300. The molecule has 1 saturated carbocycles. The maximum atomic E-state index is 12.6. The lowest BCUT2D eigenvalue weighted by Crippen LogP contribution is -2.41. The summed E-state index contributed by atoms with van der Waals surface area (Å²) in [6.45, 7) is 2.47. The standard InChI is InChI=1S/C18H20N4OS/c1-11-14-9-16(17(23)20-15(10-19)12-7-8-12)24-18(14)22(21-11)13-5-3-2-4-6-13/h2-6,9,12,15H,7-8,10,19H2,1H3,(H,20,23). The fourth-order valence-corrected chi connectivity index (χ4v) is 4.10. The van der Waals surface area contributed by atoms with Gasteiger partial charge in [-0.05, 0) is 43.9 Å². The third kappa shape index (κ3) is 2.72. The molecule has 3 N–H and O–H groups in total. The number of nitrogens with two attached hydrogens (primary N) is 1. The first-order valence-corrected chi connectivity index (χ1v) is 9.04. The van der Waals surface area contributed by atoms with Crippen LogP contribution >= 0.6 is 11.3 Å². The number of aryl methyl sites for hydroxylation is 1. The minimum Gasteiger partial charge on any atom is -0.347 e. The molecular weight excluding hydrogens is 320 g/mol. The Balaban J connectivity index is 1.67. The third-order valence-corrected chi connectivity index (χ3v) is 5.64. The summed E-state index contributed by atoms with van der Waals surface area (Å²) in [6, 6.07) is 12.0. The lowest BCUT2D eigenvalue weighted by Gasteiger charge is -2.15. The number of carbonyl (C=O) groups is 1. The van der Waals surface area contributed by atoms with E-state index in [1.165, 1.54) is 11.3 Å². The number of nitrogens with zero attached hydrogens (tertiary/aromatic N) is 2. The Morgan fingerprint density at radius 1 is 1.42 bits per heavy atom. The SMILES string of the molecule is Cc1nn(-c2ccccc2)c2sc(C(=O)NC(CN)C3CC3)cc12. The van der Waals surface area contributed by atoms with Crippen molar-refractivity contribution < 1.29 is 4.79 Å². The van der Waals surface area contributed by atoms with Gasteiger partial charge in [0.2, 0.25) is 0 Å². The van der Waals surface area contributed by atoms with E-state index in [1.54, 1.807) is 0 Å². The van der Waals surface area contributed by atoms with Gasteiger partial charge >= 0.3 is 0 Å². The van der Waals surface area contributed by atoms with Crippen LogP contribution in [0.15, 0.2) is 36.4 Å². The zero-order valence-corrected chi connectivity index (χ0v) is 14.3. The van der Waals surface area contributed by atoms with Crippen molar-refractivity contribution in [1.29, 1.82) is 0 Å². The summed E-state index contributed by atoms with van der Waals surface area (Å²) >= 11 is 1.48. The Kier molecular flexibility index (Phi) is 3.86. The van der Waals surface area contributed by atoms with Gasteiger partial charge in [-0.2, -0.15) is 5.10 Å². The largest absolute Gasteiger partial charge is 0.347 e. The average molecular weight is 340 g/mol.